The summed E-state index contributed by atoms with van der Waals surface area (Å²) in [6, 6.07) is 23.6. The van der Waals surface area contributed by atoms with Gasteiger partial charge < -0.3 is 0 Å². The monoisotopic (exact) mass is 339 g/mol. The lowest BCUT2D eigenvalue weighted by Gasteiger charge is -2.14. The molecular formula is C21H13N3O2. The normalized spacial score (nSPS) is 11.4. The van der Waals surface area contributed by atoms with Crippen LogP contribution in [0.5, 0.6) is 0 Å². The highest BCUT2D eigenvalue weighted by atomic mass is 16.2. The third kappa shape index (κ3) is 1.94. The summed E-state index contributed by atoms with van der Waals surface area (Å²) >= 11 is 0. The lowest BCUT2D eigenvalue weighted by Crippen LogP contribution is -2.33. The van der Waals surface area contributed by atoms with Crippen LogP contribution in [0.25, 0.3) is 33.0 Å². The maximum atomic E-state index is 13.2. The summed E-state index contributed by atoms with van der Waals surface area (Å²) in [5.41, 5.74) is 1.18. The molecule has 0 aliphatic rings. The molecule has 5 rings (SSSR count). The number of hydrogen-bond acceptors (Lipinski definition) is 3. The van der Waals surface area contributed by atoms with Crippen LogP contribution < -0.4 is 11.1 Å². The fourth-order valence-corrected chi connectivity index (χ4v) is 3.36. The van der Waals surface area contributed by atoms with Gasteiger partial charge in [0.05, 0.1) is 22.0 Å². The van der Waals surface area contributed by atoms with Crippen LogP contribution in [0.2, 0.25) is 0 Å². The largest absolute Gasteiger partial charge is 0.281 e. The van der Waals surface area contributed by atoms with Crippen molar-refractivity contribution < 1.29 is 0 Å². The molecule has 2 aromatic heterocycles. The summed E-state index contributed by atoms with van der Waals surface area (Å²) in [7, 11) is 0. The van der Waals surface area contributed by atoms with Crippen LogP contribution in [-0.4, -0.2) is 14.2 Å². The summed E-state index contributed by atoms with van der Waals surface area (Å²) < 4.78 is 2.78. The van der Waals surface area contributed by atoms with Gasteiger partial charge in [-0.25, -0.2) is 9.67 Å². The van der Waals surface area contributed by atoms with Gasteiger partial charge in [-0.2, -0.15) is 4.52 Å². The zero-order chi connectivity index (χ0) is 17.7. The van der Waals surface area contributed by atoms with E-state index < -0.39 is 0 Å². The van der Waals surface area contributed by atoms with Gasteiger partial charge >= 0.3 is 0 Å². The molecule has 0 N–H and O–H groups in total. The topological polar surface area (TPSA) is 56.4 Å². The first-order valence-corrected chi connectivity index (χ1v) is 8.27. The average Bonchev–Trinajstić information content (AvgIpc) is 2.70. The highest BCUT2D eigenvalue weighted by Gasteiger charge is 2.16. The van der Waals surface area contributed by atoms with E-state index in [0.717, 1.165) is 0 Å². The molecule has 3 aromatic carbocycles. The Morgan fingerprint density at radius 1 is 0.615 bits per heavy atom. The summed E-state index contributed by atoms with van der Waals surface area (Å²) in [5.74, 6) is 0. The molecule has 0 saturated heterocycles. The van der Waals surface area contributed by atoms with Gasteiger partial charge in [-0.3, -0.25) is 9.59 Å². The second-order valence-electron chi connectivity index (χ2n) is 6.07. The highest BCUT2D eigenvalue weighted by Crippen LogP contribution is 2.18. The molecule has 0 aliphatic carbocycles. The Labute approximate surface area is 147 Å². The molecule has 5 heteroatoms. The minimum atomic E-state index is -0.266. The molecule has 124 valence electrons. The van der Waals surface area contributed by atoms with Crippen molar-refractivity contribution in [1.82, 2.24) is 14.2 Å². The molecule has 0 saturated carbocycles. The fourth-order valence-electron chi connectivity index (χ4n) is 3.36. The highest BCUT2D eigenvalue weighted by molar-refractivity contribution is 5.95. The molecule has 0 atom stereocenters. The first-order chi connectivity index (χ1) is 12.8. The van der Waals surface area contributed by atoms with Gasteiger partial charge in [-0.05, 0) is 30.3 Å². The molecule has 2 heterocycles. The number of para-hydroxylation sites is 2. The summed E-state index contributed by atoms with van der Waals surface area (Å²) in [6.45, 7) is 0. The van der Waals surface area contributed by atoms with Crippen LogP contribution in [0.15, 0.2) is 88.5 Å². The van der Waals surface area contributed by atoms with Crippen LogP contribution in [0.4, 0.5) is 0 Å². The number of aromatic nitrogens is 3. The second-order valence-corrected chi connectivity index (χ2v) is 6.07. The van der Waals surface area contributed by atoms with Gasteiger partial charge in [0, 0.05) is 5.39 Å². The van der Waals surface area contributed by atoms with Crippen molar-refractivity contribution in [1.29, 1.82) is 0 Å². The molecule has 0 bridgehead atoms. The van der Waals surface area contributed by atoms with Gasteiger partial charge in [0.1, 0.15) is 0 Å². The lowest BCUT2D eigenvalue weighted by atomic mass is 10.1. The van der Waals surface area contributed by atoms with Gasteiger partial charge in [0.15, 0.2) is 5.65 Å². The van der Waals surface area contributed by atoms with Crippen molar-refractivity contribution in [2.75, 3.05) is 0 Å². The van der Waals surface area contributed by atoms with E-state index in [-0.39, 0.29) is 11.1 Å². The van der Waals surface area contributed by atoms with Crippen molar-refractivity contribution in [3.63, 3.8) is 0 Å². The predicted octanol–water partition coefficient (Wildman–Crippen LogP) is 3.15. The van der Waals surface area contributed by atoms with Gasteiger partial charge in [-0.1, -0.05) is 48.5 Å². The summed E-state index contributed by atoms with van der Waals surface area (Å²) in [6.07, 6.45) is 0. The van der Waals surface area contributed by atoms with Crippen molar-refractivity contribution in [3.05, 3.63) is 99.6 Å². The van der Waals surface area contributed by atoms with Crippen molar-refractivity contribution in [2.45, 2.75) is 0 Å². The zero-order valence-corrected chi connectivity index (χ0v) is 13.7. The van der Waals surface area contributed by atoms with Crippen LogP contribution in [-0.2, 0) is 0 Å². The predicted molar refractivity (Wildman–Crippen MR) is 102 cm³/mol. The van der Waals surface area contributed by atoms with Gasteiger partial charge in [0.25, 0.3) is 11.1 Å². The minimum Gasteiger partial charge on any atom is -0.267 e. The minimum absolute atomic E-state index is 0.251. The molecule has 0 spiro atoms. The Morgan fingerprint density at radius 2 is 1.23 bits per heavy atom. The van der Waals surface area contributed by atoms with E-state index in [1.807, 2.05) is 48.5 Å². The molecule has 0 aliphatic heterocycles. The summed E-state index contributed by atoms with van der Waals surface area (Å²) in [5, 5.41) is 1.66. The number of hydrogen-bond donors (Lipinski definition) is 0. The number of fused-ring (bicyclic) bond motifs is 4. The van der Waals surface area contributed by atoms with Crippen molar-refractivity contribution in [3.8, 4) is 5.69 Å². The molecule has 0 fully saturated rings. The quantitative estimate of drug-likeness (QED) is 0.348. The van der Waals surface area contributed by atoms with Crippen molar-refractivity contribution in [2.24, 2.45) is 0 Å². The van der Waals surface area contributed by atoms with E-state index in [0.29, 0.717) is 33.0 Å². The SMILES string of the molecule is O=c1c2ccccc2c2nc3ccccc3c(=O)n2n1-c1ccccc1. The maximum absolute atomic E-state index is 13.2. The van der Waals surface area contributed by atoms with E-state index in [4.69, 9.17) is 4.98 Å². The molecule has 26 heavy (non-hydrogen) atoms. The first kappa shape index (κ1) is 14.6. The van der Waals surface area contributed by atoms with Gasteiger partial charge in [0.2, 0.25) is 0 Å². The molecule has 0 unspecified atom stereocenters. The number of nitrogens with zero attached hydrogens (tertiary/aromatic N) is 3. The number of benzene rings is 3. The average molecular weight is 339 g/mol. The third-order valence-corrected chi connectivity index (χ3v) is 4.55. The third-order valence-electron chi connectivity index (χ3n) is 4.55. The van der Waals surface area contributed by atoms with Crippen LogP contribution in [0.1, 0.15) is 0 Å². The van der Waals surface area contributed by atoms with Crippen molar-refractivity contribution >= 4 is 27.3 Å². The van der Waals surface area contributed by atoms with E-state index in [9.17, 15) is 9.59 Å². The first-order valence-electron chi connectivity index (χ1n) is 8.27. The fraction of sp³-hybridized carbons (Fsp3) is 0. The standard InChI is InChI=1S/C21H13N3O2/c25-20-16-11-5-4-10-15(16)19-22-18-13-7-6-12-17(18)21(26)24(19)23(20)14-8-2-1-3-9-14/h1-13H. The molecule has 0 radical (unpaired) electrons. The molecular weight excluding hydrogens is 326 g/mol. The van der Waals surface area contributed by atoms with Crippen LogP contribution >= 0.6 is 0 Å². The van der Waals surface area contributed by atoms with Crippen LogP contribution in [0, 0.1) is 0 Å². The van der Waals surface area contributed by atoms with Crippen LogP contribution in [0.3, 0.4) is 0 Å². The maximum Gasteiger partial charge on any atom is 0.281 e. The smallest absolute Gasteiger partial charge is 0.267 e. The van der Waals surface area contributed by atoms with E-state index in [1.165, 1.54) is 9.20 Å². The van der Waals surface area contributed by atoms with E-state index in [1.54, 1.807) is 30.3 Å². The second kappa shape index (κ2) is 5.39. The zero-order valence-electron chi connectivity index (χ0n) is 13.7. The summed E-state index contributed by atoms with van der Waals surface area (Å²) in [4.78, 5) is 31.1. The lowest BCUT2D eigenvalue weighted by molar-refractivity contribution is 0.729. The Kier molecular flexibility index (Phi) is 3.03. The molecule has 5 aromatic rings. The molecule has 0 amide bonds. The Bertz CT molecular complexity index is 1420. The van der Waals surface area contributed by atoms with E-state index in [2.05, 4.69) is 0 Å². The Morgan fingerprint density at radius 3 is 2.00 bits per heavy atom. The number of rotatable bonds is 1. The molecule has 5 nitrogen and oxygen atoms in total. The van der Waals surface area contributed by atoms with Gasteiger partial charge in [-0.15, -0.1) is 0 Å². The Hall–Kier alpha value is -3.73. The van der Waals surface area contributed by atoms with E-state index >= 15 is 0 Å². The Balaban J connectivity index is 2.16.